The van der Waals surface area contributed by atoms with Gasteiger partial charge in [0.2, 0.25) is 18.1 Å². The average molecular weight is 297 g/mol. The molecule has 5 rings (SSSR count). The second-order valence-electron chi connectivity index (χ2n) is 5.62. The van der Waals surface area contributed by atoms with E-state index in [9.17, 15) is 0 Å². The summed E-state index contributed by atoms with van der Waals surface area (Å²) in [5, 5.41) is 7.43. The first-order valence-corrected chi connectivity index (χ1v) is 7.56. The lowest BCUT2D eigenvalue weighted by Crippen LogP contribution is -2.38. The molecular formula is C20H13N2O+. The topological polar surface area (TPSA) is 26.0 Å². The quantitative estimate of drug-likeness (QED) is 0.362. The van der Waals surface area contributed by atoms with Gasteiger partial charge in [-0.1, -0.05) is 42.5 Å². The lowest BCUT2D eigenvalue weighted by atomic mass is 9.94. The fourth-order valence-corrected chi connectivity index (χ4v) is 3.27. The fourth-order valence-electron chi connectivity index (χ4n) is 3.27. The van der Waals surface area contributed by atoms with Crippen LogP contribution in [-0.2, 0) is 0 Å². The van der Waals surface area contributed by atoms with Crippen LogP contribution in [0.1, 0.15) is 0 Å². The first-order valence-electron chi connectivity index (χ1n) is 7.56. The number of hydrogen-bond donors (Lipinski definition) is 0. The van der Waals surface area contributed by atoms with Crippen LogP contribution in [0.4, 0.5) is 0 Å². The average Bonchev–Trinajstić information content (AvgIpc) is 2.62. The Morgan fingerprint density at radius 2 is 1.35 bits per heavy atom. The van der Waals surface area contributed by atoms with Crippen molar-refractivity contribution in [1.82, 2.24) is 4.98 Å². The summed E-state index contributed by atoms with van der Waals surface area (Å²) in [6.07, 6.45) is 6.99. The second-order valence-corrected chi connectivity index (χ2v) is 5.62. The summed E-state index contributed by atoms with van der Waals surface area (Å²) in [5.41, 5.74) is 0. The van der Waals surface area contributed by atoms with Crippen molar-refractivity contribution >= 4 is 32.3 Å². The molecule has 0 unspecified atom stereocenters. The zero-order chi connectivity index (χ0) is 15.2. The van der Waals surface area contributed by atoms with Crippen molar-refractivity contribution in [3.63, 3.8) is 0 Å². The van der Waals surface area contributed by atoms with Gasteiger partial charge in [0.15, 0.2) is 0 Å². The van der Waals surface area contributed by atoms with Crippen LogP contribution in [0.3, 0.4) is 0 Å². The van der Waals surface area contributed by atoms with Crippen molar-refractivity contribution in [2.45, 2.75) is 0 Å². The molecule has 0 fully saturated rings. The lowest BCUT2D eigenvalue weighted by molar-refractivity contribution is -0.875. The van der Waals surface area contributed by atoms with Crippen LogP contribution in [0.5, 0.6) is 5.75 Å². The molecule has 108 valence electrons. The maximum absolute atomic E-state index is 6.01. The predicted octanol–water partition coefficient (Wildman–Crippen LogP) is 4.11. The van der Waals surface area contributed by atoms with Gasteiger partial charge in [-0.05, 0) is 33.7 Å². The minimum Gasteiger partial charge on any atom is -0.252 e. The summed E-state index contributed by atoms with van der Waals surface area (Å²) < 4.78 is 1.67. The van der Waals surface area contributed by atoms with E-state index < -0.39 is 0 Å². The molecule has 3 nitrogen and oxygen atoms in total. The number of hydrogen-bond acceptors (Lipinski definition) is 2. The van der Waals surface area contributed by atoms with E-state index in [0.29, 0.717) is 0 Å². The van der Waals surface area contributed by atoms with Gasteiger partial charge in [0, 0.05) is 15.5 Å². The van der Waals surface area contributed by atoms with Gasteiger partial charge in [0.05, 0.1) is 12.4 Å². The van der Waals surface area contributed by atoms with Gasteiger partial charge in [-0.2, -0.15) is 0 Å². The number of nitrogens with zero attached hydrogens (tertiary/aromatic N) is 2. The maximum Gasteiger partial charge on any atom is 0.241 e. The summed E-state index contributed by atoms with van der Waals surface area (Å²) in [6.45, 7) is 0. The van der Waals surface area contributed by atoms with Crippen LogP contribution in [0.15, 0.2) is 79.4 Å². The molecule has 0 radical (unpaired) electrons. The van der Waals surface area contributed by atoms with E-state index in [1.165, 1.54) is 26.9 Å². The van der Waals surface area contributed by atoms with E-state index in [2.05, 4.69) is 53.5 Å². The van der Waals surface area contributed by atoms with Crippen molar-refractivity contribution in [1.29, 1.82) is 0 Å². The standard InChI is InChI=1S/C20H13N2O/c1-2-14-4-5-16-7-9-18(23-22-12-10-21-11-13-22)17-8-6-15(3-1)19(14)20(16)17/h1-13H/q+1. The highest BCUT2D eigenvalue weighted by molar-refractivity contribution is 6.24. The Balaban J connectivity index is 1.84. The fraction of sp³-hybridized carbons (Fsp3) is 0. The molecule has 0 aliphatic carbocycles. The van der Waals surface area contributed by atoms with E-state index in [1.54, 1.807) is 29.5 Å². The van der Waals surface area contributed by atoms with Gasteiger partial charge in [-0.3, -0.25) is 4.98 Å². The molecule has 23 heavy (non-hydrogen) atoms. The third-order valence-corrected chi connectivity index (χ3v) is 4.29. The van der Waals surface area contributed by atoms with Crippen molar-refractivity contribution < 1.29 is 9.57 Å². The Hall–Kier alpha value is -3.20. The van der Waals surface area contributed by atoms with Crippen molar-refractivity contribution in [2.24, 2.45) is 0 Å². The van der Waals surface area contributed by atoms with Gasteiger partial charge in [-0.15, -0.1) is 0 Å². The molecule has 0 N–H and O–H groups in total. The first kappa shape index (κ1) is 12.4. The molecule has 0 aliphatic rings. The van der Waals surface area contributed by atoms with Gasteiger partial charge < -0.3 is 0 Å². The number of rotatable bonds is 2. The van der Waals surface area contributed by atoms with Crippen LogP contribution >= 0.6 is 0 Å². The highest BCUT2D eigenvalue weighted by Gasteiger charge is 2.14. The zero-order valence-corrected chi connectivity index (χ0v) is 12.3. The van der Waals surface area contributed by atoms with Crippen LogP contribution in [0, 0.1) is 0 Å². The molecule has 0 saturated heterocycles. The highest BCUT2D eigenvalue weighted by atomic mass is 16.7. The molecule has 5 aromatic rings. The van der Waals surface area contributed by atoms with Gasteiger partial charge in [-0.25, -0.2) is 4.84 Å². The van der Waals surface area contributed by atoms with Gasteiger partial charge >= 0.3 is 0 Å². The molecule has 3 heteroatoms. The molecule has 0 bridgehead atoms. The third kappa shape index (κ3) is 1.83. The largest absolute Gasteiger partial charge is 0.252 e. The Morgan fingerprint density at radius 3 is 2.13 bits per heavy atom. The molecule has 0 atom stereocenters. The SMILES string of the molecule is c1cc2ccc3ccc(O[n+]4ccncc4)c4ccc(c1)c2c34. The summed E-state index contributed by atoms with van der Waals surface area (Å²) in [7, 11) is 0. The van der Waals surface area contributed by atoms with Crippen LogP contribution in [0.25, 0.3) is 32.3 Å². The van der Waals surface area contributed by atoms with E-state index in [-0.39, 0.29) is 0 Å². The Bertz CT molecular complexity index is 1120. The number of benzene rings is 4. The maximum atomic E-state index is 6.01. The second kappa shape index (κ2) is 4.65. The minimum atomic E-state index is 0.840. The third-order valence-electron chi connectivity index (χ3n) is 4.29. The molecule has 4 aromatic carbocycles. The highest BCUT2D eigenvalue weighted by Crippen LogP contribution is 2.38. The lowest BCUT2D eigenvalue weighted by Gasteiger charge is -2.11. The van der Waals surface area contributed by atoms with Crippen molar-refractivity contribution in [3.8, 4) is 5.75 Å². The Morgan fingerprint density at radius 1 is 0.696 bits per heavy atom. The summed E-state index contributed by atoms with van der Waals surface area (Å²) >= 11 is 0. The molecule has 1 aromatic heterocycles. The van der Waals surface area contributed by atoms with Gasteiger partial charge in [0.1, 0.15) is 0 Å². The zero-order valence-electron chi connectivity index (χ0n) is 12.3. The van der Waals surface area contributed by atoms with E-state index in [0.717, 1.165) is 11.1 Å². The molecular weight excluding hydrogens is 284 g/mol. The first-order chi connectivity index (χ1) is 11.4. The molecule has 0 amide bonds. The van der Waals surface area contributed by atoms with Crippen molar-refractivity contribution in [2.75, 3.05) is 0 Å². The van der Waals surface area contributed by atoms with Crippen LogP contribution in [-0.4, -0.2) is 4.98 Å². The summed E-state index contributed by atoms with van der Waals surface area (Å²) in [4.78, 5) is 10.0. The normalized spacial score (nSPS) is 11.5. The van der Waals surface area contributed by atoms with Crippen molar-refractivity contribution in [3.05, 3.63) is 79.4 Å². The smallest absolute Gasteiger partial charge is 0.241 e. The predicted molar refractivity (Wildman–Crippen MR) is 90.6 cm³/mol. The van der Waals surface area contributed by atoms with E-state index in [1.807, 2.05) is 6.07 Å². The number of aromatic nitrogens is 2. The van der Waals surface area contributed by atoms with Crippen LogP contribution < -0.4 is 9.57 Å². The molecule has 0 aliphatic heterocycles. The van der Waals surface area contributed by atoms with E-state index in [4.69, 9.17) is 4.84 Å². The van der Waals surface area contributed by atoms with Crippen LogP contribution in [0.2, 0.25) is 0 Å². The summed E-state index contributed by atoms with van der Waals surface area (Å²) in [6, 6.07) is 19.2. The van der Waals surface area contributed by atoms with Gasteiger partial charge in [0.25, 0.3) is 0 Å². The summed E-state index contributed by atoms with van der Waals surface area (Å²) in [5.74, 6) is 0.840. The Labute approximate surface area is 132 Å². The molecule has 0 saturated carbocycles. The van der Waals surface area contributed by atoms with E-state index >= 15 is 0 Å². The molecule has 0 spiro atoms. The Kier molecular flexibility index (Phi) is 2.50. The molecule has 1 heterocycles. The monoisotopic (exact) mass is 297 g/mol. The minimum absolute atomic E-state index is 0.840.